The van der Waals surface area contributed by atoms with Gasteiger partial charge in [-0.3, -0.25) is 4.79 Å². The molecule has 0 aromatic heterocycles. The van der Waals surface area contributed by atoms with E-state index in [1.807, 2.05) is 19.1 Å². The molecule has 1 amide bonds. The molecule has 0 aliphatic carbocycles. The van der Waals surface area contributed by atoms with Crippen LogP contribution in [0.5, 0.6) is 0 Å². The molecule has 3 rings (SSSR count). The molecule has 0 fully saturated rings. The van der Waals surface area contributed by atoms with E-state index >= 15 is 0 Å². The Labute approximate surface area is 122 Å². The standard InChI is InChI=1S/C17H16FNO2/c1-10-2-4-11(5-3-10)17(21)13-8-12-6-7-16(20)19-15(12)9-14(13)18/h2-5,8-9,17,21H,6-7H2,1H3,(H,19,20). The van der Waals surface area contributed by atoms with Crippen molar-refractivity contribution in [1.82, 2.24) is 0 Å². The molecule has 21 heavy (non-hydrogen) atoms. The number of aryl methyl sites for hydroxylation is 2. The summed E-state index contributed by atoms with van der Waals surface area (Å²) >= 11 is 0. The molecule has 1 unspecified atom stereocenters. The van der Waals surface area contributed by atoms with Gasteiger partial charge in [-0.25, -0.2) is 4.39 Å². The zero-order valence-electron chi connectivity index (χ0n) is 11.7. The van der Waals surface area contributed by atoms with Gasteiger partial charge in [-0.1, -0.05) is 29.8 Å². The number of rotatable bonds is 2. The number of hydrogen-bond acceptors (Lipinski definition) is 2. The number of aliphatic hydroxyl groups is 1. The number of carbonyl (C=O) groups is 1. The highest BCUT2D eigenvalue weighted by molar-refractivity contribution is 5.93. The molecule has 3 nitrogen and oxygen atoms in total. The molecule has 0 bridgehead atoms. The van der Waals surface area contributed by atoms with Crippen LogP contribution in [0.2, 0.25) is 0 Å². The zero-order valence-corrected chi connectivity index (χ0v) is 11.7. The van der Waals surface area contributed by atoms with Crippen molar-refractivity contribution in [3.05, 3.63) is 64.5 Å². The first-order chi connectivity index (χ1) is 10.0. The van der Waals surface area contributed by atoms with Gasteiger partial charge in [0.25, 0.3) is 0 Å². The minimum absolute atomic E-state index is 0.103. The predicted octanol–water partition coefficient (Wildman–Crippen LogP) is 3.10. The highest BCUT2D eigenvalue weighted by atomic mass is 19.1. The highest BCUT2D eigenvalue weighted by Crippen LogP contribution is 2.31. The van der Waals surface area contributed by atoms with E-state index < -0.39 is 11.9 Å². The Balaban J connectivity index is 1.98. The third-order valence-electron chi connectivity index (χ3n) is 3.81. The molecule has 4 heteroatoms. The Morgan fingerprint density at radius 3 is 2.62 bits per heavy atom. The summed E-state index contributed by atoms with van der Waals surface area (Å²) in [6.07, 6.45) is -0.0538. The van der Waals surface area contributed by atoms with Crippen molar-refractivity contribution in [2.75, 3.05) is 5.32 Å². The van der Waals surface area contributed by atoms with E-state index in [1.165, 1.54) is 6.07 Å². The predicted molar refractivity (Wildman–Crippen MR) is 78.6 cm³/mol. The lowest BCUT2D eigenvalue weighted by Gasteiger charge is -2.20. The van der Waals surface area contributed by atoms with E-state index in [9.17, 15) is 14.3 Å². The normalized spacial score (nSPS) is 15.3. The lowest BCUT2D eigenvalue weighted by molar-refractivity contribution is -0.116. The van der Waals surface area contributed by atoms with Crippen LogP contribution >= 0.6 is 0 Å². The Morgan fingerprint density at radius 2 is 1.90 bits per heavy atom. The van der Waals surface area contributed by atoms with Crippen molar-refractivity contribution in [2.24, 2.45) is 0 Å². The molecule has 108 valence electrons. The van der Waals surface area contributed by atoms with Crippen molar-refractivity contribution in [2.45, 2.75) is 25.9 Å². The van der Waals surface area contributed by atoms with E-state index in [0.29, 0.717) is 24.1 Å². The fraction of sp³-hybridized carbons (Fsp3) is 0.235. The largest absolute Gasteiger partial charge is 0.384 e. The number of fused-ring (bicyclic) bond motifs is 1. The minimum Gasteiger partial charge on any atom is -0.384 e. The number of hydrogen-bond donors (Lipinski definition) is 2. The number of halogens is 1. The van der Waals surface area contributed by atoms with Crippen molar-refractivity contribution in [3.63, 3.8) is 0 Å². The topological polar surface area (TPSA) is 49.3 Å². The Bertz CT molecular complexity index is 695. The maximum atomic E-state index is 14.2. The van der Waals surface area contributed by atoms with Gasteiger partial charge in [-0.15, -0.1) is 0 Å². The average Bonchev–Trinajstić information content (AvgIpc) is 2.46. The molecule has 1 aliphatic heterocycles. The van der Waals surface area contributed by atoms with Crippen LogP contribution in [0.3, 0.4) is 0 Å². The molecule has 0 spiro atoms. The van der Waals surface area contributed by atoms with Gasteiger partial charge in [-0.2, -0.15) is 0 Å². The minimum atomic E-state index is -1.01. The van der Waals surface area contributed by atoms with Crippen LogP contribution in [0.4, 0.5) is 10.1 Å². The molecule has 2 aromatic carbocycles. The van der Waals surface area contributed by atoms with Crippen molar-refractivity contribution >= 4 is 11.6 Å². The summed E-state index contributed by atoms with van der Waals surface area (Å²) in [4.78, 5) is 11.3. The first-order valence-electron chi connectivity index (χ1n) is 6.91. The van der Waals surface area contributed by atoms with Gasteiger partial charge in [0.15, 0.2) is 0 Å². The van der Waals surface area contributed by atoms with E-state index in [0.717, 1.165) is 11.1 Å². The molecule has 0 saturated carbocycles. The third kappa shape index (κ3) is 2.67. The summed E-state index contributed by atoms with van der Waals surface area (Å²) in [7, 11) is 0. The Hall–Kier alpha value is -2.20. The lowest BCUT2D eigenvalue weighted by Crippen LogP contribution is -2.20. The molecule has 1 aliphatic rings. The first-order valence-corrected chi connectivity index (χ1v) is 6.91. The van der Waals surface area contributed by atoms with Crippen LogP contribution < -0.4 is 5.32 Å². The quantitative estimate of drug-likeness (QED) is 0.890. The monoisotopic (exact) mass is 285 g/mol. The zero-order chi connectivity index (χ0) is 15.0. The number of nitrogens with one attached hydrogen (secondary N) is 1. The summed E-state index contributed by atoms with van der Waals surface area (Å²) < 4.78 is 14.2. The van der Waals surface area contributed by atoms with Crippen LogP contribution in [-0.2, 0) is 11.2 Å². The van der Waals surface area contributed by atoms with Gasteiger partial charge < -0.3 is 10.4 Å². The second-order valence-electron chi connectivity index (χ2n) is 5.39. The number of carbonyl (C=O) groups excluding carboxylic acids is 1. The number of aliphatic hydroxyl groups excluding tert-OH is 1. The fourth-order valence-electron chi connectivity index (χ4n) is 2.56. The molecule has 2 N–H and O–H groups in total. The fourth-order valence-corrected chi connectivity index (χ4v) is 2.56. The summed E-state index contributed by atoms with van der Waals surface area (Å²) in [5.41, 5.74) is 3.34. The van der Waals surface area contributed by atoms with Gasteiger partial charge in [0, 0.05) is 17.7 Å². The summed E-state index contributed by atoms with van der Waals surface area (Å²) in [6.45, 7) is 1.96. The SMILES string of the molecule is Cc1ccc(C(O)c2cc3c(cc2F)NC(=O)CC3)cc1. The van der Waals surface area contributed by atoms with Crippen LogP contribution in [0, 0.1) is 12.7 Å². The molecular formula is C17H16FNO2. The van der Waals surface area contributed by atoms with Crippen molar-refractivity contribution in [3.8, 4) is 0 Å². The van der Waals surface area contributed by atoms with Gasteiger partial charge >= 0.3 is 0 Å². The molecule has 2 aromatic rings. The maximum Gasteiger partial charge on any atom is 0.224 e. The number of anilines is 1. The average molecular weight is 285 g/mol. The van der Waals surface area contributed by atoms with E-state index in [2.05, 4.69) is 5.32 Å². The maximum absolute atomic E-state index is 14.2. The van der Waals surface area contributed by atoms with Crippen LogP contribution in [-0.4, -0.2) is 11.0 Å². The second-order valence-corrected chi connectivity index (χ2v) is 5.39. The van der Waals surface area contributed by atoms with Gasteiger partial charge in [0.05, 0.1) is 0 Å². The summed E-state index contributed by atoms with van der Waals surface area (Å²) in [5.74, 6) is -0.613. The van der Waals surface area contributed by atoms with Crippen LogP contribution in [0.1, 0.15) is 34.8 Å². The van der Waals surface area contributed by atoms with Gasteiger partial charge in [-0.05, 0) is 36.6 Å². The first kappa shape index (κ1) is 13.8. The summed E-state index contributed by atoms with van der Waals surface area (Å²) in [6, 6.07) is 10.3. The molecule has 1 atom stereocenters. The summed E-state index contributed by atoms with van der Waals surface area (Å²) in [5, 5.41) is 13.0. The molecule has 1 heterocycles. The third-order valence-corrected chi connectivity index (χ3v) is 3.81. The smallest absolute Gasteiger partial charge is 0.224 e. The van der Waals surface area contributed by atoms with Crippen LogP contribution in [0.15, 0.2) is 36.4 Å². The second kappa shape index (κ2) is 5.30. The van der Waals surface area contributed by atoms with Crippen LogP contribution in [0.25, 0.3) is 0 Å². The van der Waals surface area contributed by atoms with Gasteiger partial charge in [0.1, 0.15) is 11.9 Å². The molecule has 0 radical (unpaired) electrons. The number of amides is 1. The van der Waals surface area contributed by atoms with Gasteiger partial charge in [0.2, 0.25) is 5.91 Å². The number of benzene rings is 2. The molecule has 0 saturated heterocycles. The van der Waals surface area contributed by atoms with Crippen molar-refractivity contribution < 1.29 is 14.3 Å². The van der Waals surface area contributed by atoms with Crippen molar-refractivity contribution in [1.29, 1.82) is 0 Å². The van der Waals surface area contributed by atoms with E-state index in [-0.39, 0.29) is 11.5 Å². The lowest BCUT2D eigenvalue weighted by atomic mass is 9.94. The molecular weight excluding hydrogens is 269 g/mol. The Morgan fingerprint density at radius 1 is 1.19 bits per heavy atom. The van der Waals surface area contributed by atoms with E-state index in [4.69, 9.17) is 0 Å². The Kier molecular flexibility index (Phi) is 3.47. The van der Waals surface area contributed by atoms with E-state index in [1.54, 1.807) is 18.2 Å². The highest BCUT2D eigenvalue weighted by Gasteiger charge is 2.21.